The van der Waals surface area contributed by atoms with E-state index in [0.29, 0.717) is 17.3 Å². The van der Waals surface area contributed by atoms with Gasteiger partial charge in [0.1, 0.15) is 5.75 Å². The molecule has 0 amide bonds. The second-order valence-electron chi connectivity index (χ2n) is 4.80. The van der Waals surface area contributed by atoms with Crippen molar-refractivity contribution in [3.63, 3.8) is 0 Å². The quantitative estimate of drug-likeness (QED) is 0.867. The highest BCUT2D eigenvalue weighted by Crippen LogP contribution is 2.29. The summed E-state index contributed by atoms with van der Waals surface area (Å²) in [4.78, 5) is 22.2. The van der Waals surface area contributed by atoms with Crippen LogP contribution in [0.2, 0.25) is 0 Å². The molecule has 9 heteroatoms. The van der Waals surface area contributed by atoms with E-state index in [1.807, 2.05) is 17.5 Å². The molecule has 0 unspecified atom stereocenters. The summed E-state index contributed by atoms with van der Waals surface area (Å²) in [5.74, 6) is 0.806. The summed E-state index contributed by atoms with van der Waals surface area (Å²) >= 11 is 1.50. The fraction of sp³-hybridized carbons (Fsp3) is 0.0667. The van der Waals surface area contributed by atoms with Gasteiger partial charge in [0.25, 0.3) is 0 Å². The van der Waals surface area contributed by atoms with E-state index in [-0.39, 0.29) is 11.5 Å². The summed E-state index contributed by atoms with van der Waals surface area (Å²) in [6.07, 6.45) is 0. The molecule has 1 saturated heterocycles. The maximum Gasteiger partial charge on any atom is 0.380 e. The first-order valence-corrected chi connectivity index (χ1v) is 7.84. The van der Waals surface area contributed by atoms with Gasteiger partial charge < -0.3 is 9.57 Å². The van der Waals surface area contributed by atoms with Crippen LogP contribution in [0, 0.1) is 0 Å². The maximum absolute atomic E-state index is 12.1. The lowest BCUT2D eigenvalue weighted by molar-refractivity contribution is -0.140. The Balaban J connectivity index is 1.72. The Kier molecular flexibility index (Phi) is 3.56. The van der Waals surface area contributed by atoms with Crippen LogP contribution in [-0.2, 0) is 9.63 Å². The summed E-state index contributed by atoms with van der Waals surface area (Å²) in [5.41, 5.74) is 3.41. The number of ether oxygens (including phenoxy) is 1. The molecule has 1 fully saturated rings. The van der Waals surface area contributed by atoms with Gasteiger partial charge in [-0.15, -0.1) is 21.6 Å². The number of amidine groups is 1. The predicted molar refractivity (Wildman–Crippen MR) is 87.4 cm³/mol. The van der Waals surface area contributed by atoms with Crippen molar-refractivity contribution < 1.29 is 14.4 Å². The van der Waals surface area contributed by atoms with Crippen molar-refractivity contribution in [1.82, 2.24) is 5.59 Å². The third-order valence-electron chi connectivity index (χ3n) is 3.38. The highest BCUT2D eigenvalue weighted by molar-refractivity contribution is 7.12. The second kappa shape index (κ2) is 5.87. The average Bonchev–Trinajstić information content (AvgIpc) is 3.34. The number of aliphatic imine (C=N–C) groups is 1. The Bertz CT molecular complexity index is 871. The number of hydrogen-bond acceptors (Lipinski definition) is 9. The van der Waals surface area contributed by atoms with Gasteiger partial charge in [-0.2, -0.15) is 0 Å². The van der Waals surface area contributed by atoms with Crippen molar-refractivity contribution in [2.45, 2.75) is 0 Å². The molecule has 2 aliphatic rings. The van der Waals surface area contributed by atoms with Crippen LogP contribution < -0.4 is 15.3 Å². The Morgan fingerprint density at radius 3 is 2.75 bits per heavy atom. The molecule has 0 aliphatic carbocycles. The van der Waals surface area contributed by atoms with Crippen molar-refractivity contribution >= 4 is 28.8 Å². The molecule has 2 aliphatic heterocycles. The SMILES string of the molecule is COc1ccc(N2NOC(=O)/C2=C2/N=NC(c3cccs3)=N2)cc1. The van der Waals surface area contributed by atoms with Gasteiger partial charge in [-0.05, 0) is 35.7 Å². The first kappa shape index (κ1) is 14.5. The molecule has 0 bridgehead atoms. The summed E-state index contributed by atoms with van der Waals surface area (Å²) in [6, 6.07) is 10.9. The number of nitrogens with zero attached hydrogens (tertiary/aromatic N) is 4. The van der Waals surface area contributed by atoms with Gasteiger partial charge in [-0.3, -0.25) is 0 Å². The van der Waals surface area contributed by atoms with Crippen molar-refractivity contribution in [1.29, 1.82) is 0 Å². The Morgan fingerprint density at radius 2 is 2.04 bits per heavy atom. The Hall–Kier alpha value is -3.04. The number of hydrazine groups is 1. The minimum Gasteiger partial charge on any atom is -0.497 e. The van der Waals surface area contributed by atoms with Crippen molar-refractivity contribution in [3.8, 4) is 5.75 Å². The molecular formula is C15H11N5O3S. The van der Waals surface area contributed by atoms with E-state index in [1.165, 1.54) is 16.3 Å². The molecule has 1 aromatic heterocycles. The lowest BCUT2D eigenvalue weighted by Crippen LogP contribution is -2.29. The fourth-order valence-corrected chi connectivity index (χ4v) is 2.88. The van der Waals surface area contributed by atoms with Crippen LogP contribution in [0.1, 0.15) is 4.88 Å². The molecule has 8 nitrogen and oxygen atoms in total. The molecule has 2 aromatic rings. The van der Waals surface area contributed by atoms with Crippen LogP contribution in [0.5, 0.6) is 5.75 Å². The molecule has 1 N–H and O–H groups in total. The summed E-state index contributed by atoms with van der Waals surface area (Å²) in [7, 11) is 1.59. The van der Waals surface area contributed by atoms with Crippen LogP contribution >= 0.6 is 11.3 Å². The van der Waals surface area contributed by atoms with Gasteiger partial charge in [0.05, 0.1) is 17.7 Å². The Morgan fingerprint density at radius 1 is 1.21 bits per heavy atom. The summed E-state index contributed by atoms with van der Waals surface area (Å²) in [5, 5.41) is 11.4. The standard InChI is InChI=1S/C15H11N5O3S/c1-22-10-6-4-9(5-7-10)20-12(15(21)23-19-20)14-16-13(17-18-14)11-3-2-8-24-11/h2-8,19H,1H3/b14-12-. The first-order chi connectivity index (χ1) is 11.8. The third kappa shape index (κ3) is 2.45. The predicted octanol–water partition coefficient (Wildman–Crippen LogP) is 2.62. The highest BCUT2D eigenvalue weighted by atomic mass is 32.1. The highest BCUT2D eigenvalue weighted by Gasteiger charge is 2.34. The number of thiophene rings is 1. The topological polar surface area (TPSA) is 87.9 Å². The monoisotopic (exact) mass is 341 g/mol. The van der Waals surface area contributed by atoms with E-state index in [0.717, 1.165) is 4.88 Å². The van der Waals surface area contributed by atoms with Gasteiger partial charge in [0.2, 0.25) is 5.82 Å². The molecule has 24 heavy (non-hydrogen) atoms. The molecule has 4 rings (SSSR count). The van der Waals surface area contributed by atoms with Gasteiger partial charge in [-0.1, -0.05) is 11.7 Å². The molecule has 0 atom stereocenters. The number of rotatable bonds is 3. The minimum atomic E-state index is -0.573. The molecule has 0 radical (unpaired) electrons. The maximum atomic E-state index is 12.1. The molecule has 3 heterocycles. The van der Waals surface area contributed by atoms with Crippen LogP contribution in [0.25, 0.3) is 0 Å². The number of azo groups is 1. The number of hydrogen-bond donors (Lipinski definition) is 1. The number of benzene rings is 1. The lowest BCUT2D eigenvalue weighted by Gasteiger charge is -2.15. The zero-order chi connectivity index (χ0) is 16.5. The number of anilines is 1. The fourth-order valence-electron chi connectivity index (χ4n) is 2.23. The van der Waals surface area contributed by atoms with Crippen LogP contribution in [0.3, 0.4) is 0 Å². The van der Waals surface area contributed by atoms with Crippen molar-refractivity contribution in [3.05, 3.63) is 58.2 Å². The van der Waals surface area contributed by atoms with E-state index in [9.17, 15) is 4.79 Å². The molecule has 1 aromatic carbocycles. The number of carbonyl (C=O) groups excluding carboxylic acids is 1. The lowest BCUT2D eigenvalue weighted by atomic mass is 10.2. The van der Waals surface area contributed by atoms with Gasteiger partial charge >= 0.3 is 5.97 Å². The first-order valence-electron chi connectivity index (χ1n) is 6.96. The normalized spacial score (nSPS) is 19.6. The second-order valence-corrected chi connectivity index (χ2v) is 5.75. The van der Waals surface area contributed by atoms with Crippen molar-refractivity contribution in [2.75, 3.05) is 12.1 Å². The van der Waals surface area contributed by atoms with Crippen LogP contribution in [0.15, 0.2) is 68.5 Å². The average molecular weight is 341 g/mol. The number of carbonyl (C=O) groups is 1. The third-order valence-corrected chi connectivity index (χ3v) is 4.25. The minimum absolute atomic E-state index is 0.176. The smallest absolute Gasteiger partial charge is 0.380 e. The molecule has 0 saturated carbocycles. The van der Waals surface area contributed by atoms with E-state index >= 15 is 0 Å². The summed E-state index contributed by atoms with van der Waals surface area (Å²) < 4.78 is 5.13. The zero-order valence-electron chi connectivity index (χ0n) is 12.5. The van der Waals surface area contributed by atoms with Gasteiger partial charge in [0, 0.05) is 0 Å². The van der Waals surface area contributed by atoms with Crippen LogP contribution in [-0.4, -0.2) is 18.9 Å². The largest absolute Gasteiger partial charge is 0.497 e. The van der Waals surface area contributed by atoms with Crippen molar-refractivity contribution in [2.24, 2.45) is 15.2 Å². The molecule has 0 spiro atoms. The number of methoxy groups -OCH3 is 1. The van der Waals surface area contributed by atoms with Gasteiger partial charge in [0.15, 0.2) is 11.5 Å². The van der Waals surface area contributed by atoms with Gasteiger partial charge in [-0.25, -0.2) is 14.8 Å². The Labute approximate surface area is 140 Å². The van der Waals surface area contributed by atoms with E-state index in [1.54, 1.807) is 31.4 Å². The summed E-state index contributed by atoms with van der Waals surface area (Å²) in [6.45, 7) is 0. The van der Waals surface area contributed by atoms with E-state index in [2.05, 4.69) is 20.8 Å². The molecule has 120 valence electrons. The van der Waals surface area contributed by atoms with E-state index in [4.69, 9.17) is 9.57 Å². The zero-order valence-corrected chi connectivity index (χ0v) is 13.3. The number of nitrogens with one attached hydrogen (secondary N) is 1. The van der Waals surface area contributed by atoms with E-state index < -0.39 is 5.97 Å². The van der Waals surface area contributed by atoms with Crippen LogP contribution in [0.4, 0.5) is 5.69 Å². The molecular weight excluding hydrogens is 330 g/mol.